The summed E-state index contributed by atoms with van der Waals surface area (Å²) in [6.45, 7) is 0. The zero-order valence-corrected chi connectivity index (χ0v) is 13.4. The van der Waals surface area contributed by atoms with Gasteiger partial charge in [0, 0.05) is 16.2 Å². The molecule has 0 saturated heterocycles. The molecule has 3 rings (SSSR count). The van der Waals surface area contributed by atoms with Crippen molar-refractivity contribution in [2.45, 2.75) is 4.16 Å². The van der Waals surface area contributed by atoms with Crippen molar-refractivity contribution in [1.82, 2.24) is 0 Å². The van der Waals surface area contributed by atoms with Gasteiger partial charge < -0.3 is 0 Å². The molecule has 0 aromatic heterocycles. The molecule has 0 bridgehead atoms. The Kier molecular flexibility index (Phi) is 3.85. The van der Waals surface area contributed by atoms with Gasteiger partial charge in [-0.3, -0.25) is 4.99 Å². The first-order valence-corrected chi connectivity index (χ1v) is 8.00. The Morgan fingerprint density at radius 3 is 2.79 bits per heavy atom. The number of fused-ring (bicyclic) bond motifs is 1. The number of hydrogen-bond acceptors (Lipinski definition) is 3. The molecule has 1 atom stereocenters. The van der Waals surface area contributed by atoms with E-state index in [2.05, 4.69) is 32.0 Å². The molecule has 2 heterocycles. The zero-order valence-electron chi connectivity index (χ0n) is 9.48. The molecule has 0 N–H and O–H groups in total. The molecule has 0 saturated carbocycles. The Bertz CT molecular complexity index is 664. The van der Waals surface area contributed by atoms with E-state index in [4.69, 9.17) is 23.2 Å². The molecular formula is C13H7BrCl2N2S. The second-order valence-electron chi connectivity index (χ2n) is 3.88. The third kappa shape index (κ3) is 2.68. The predicted molar refractivity (Wildman–Crippen MR) is 87.7 cm³/mol. The minimum absolute atomic E-state index is 0.177. The number of thioether (sulfide) groups is 1. The number of hydrogen-bond donors (Lipinski definition) is 0. The summed E-state index contributed by atoms with van der Waals surface area (Å²) >= 11 is 17.4. The molecule has 1 unspecified atom stereocenters. The van der Waals surface area contributed by atoms with Gasteiger partial charge in [0.2, 0.25) is 0 Å². The normalized spacial score (nSPS) is 21.9. The maximum atomic E-state index is 6.25. The Labute approximate surface area is 133 Å². The van der Waals surface area contributed by atoms with E-state index in [1.165, 1.54) is 0 Å². The molecule has 2 aliphatic rings. The van der Waals surface area contributed by atoms with Gasteiger partial charge in [-0.15, -0.1) is 0 Å². The van der Waals surface area contributed by atoms with Crippen molar-refractivity contribution in [2.75, 3.05) is 0 Å². The highest BCUT2D eigenvalue weighted by Crippen LogP contribution is 2.37. The van der Waals surface area contributed by atoms with Crippen molar-refractivity contribution < 1.29 is 0 Å². The largest absolute Gasteiger partial charge is 0.252 e. The molecule has 0 radical (unpaired) electrons. The van der Waals surface area contributed by atoms with Crippen molar-refractivity contribution in [3.8, 4) is 0 Å². The van der Waals surface area contributed by atoms with Crippen molar-refractivity contribution in [2.24, 2.45) is 9.98 Å². The van der Waals surface area contributed by atoms with E-state index in [-0.39, 0.29) is 4.16 Å². The quantitative estimate of drug-likeness (QED) is 0.503. The van der Waals surface area contributed by atoms with Crippen LogP contribution in [-0.2, 0) is 0 Å². The lowest BCUT2D eigenvalue weighted by Gasteiger charge is -2.08. The van der Waals surface area contributed by atoms with Gasteiger partial charge in [-0.05, 0) is 12.1 Å². The maximum absolute atomic E-state index is 6.25. The Hall–Kier alpha value is -0.550. The highest BCUT2D eigenvalue weighted by atomic mass is 79.9. The van der Waals surface area contributed by atoms with E-state index in [1.54, 1.807) is 18.0 Å². The summed E-state index contributed by atoms with van der Waals surface area (Å²) in [6.07, 6.45) is 3.62. The second kappa shape index (κ2) is 5.44. The summed E-state index contributed by atoms with van der Waals surface area (Å²) in [5, 5.41) is 1.90. The second-order valence-corrected chi connectivity index (χ2v) is 7.39. The first kappa shape index (κ1) is 13.4. The van der Waals surface area contributed by atoms with Gasteiger partial charge in [-0.1, -0.05) is 69.1 Å². The SMILES string of the molecule is ClC1=CN=C(c2ccccc2Cl)C2=CC(Br)SC2=N1. The van der Waals surface area contributed by atoms with Crippen molar-refractivity contribution in [3.63, 3.8) is 0 Å². The highest BCUT2D eigenvalue weighted by Gasteiger charge is 2.27. The molecule has 0 aliphatic carbocycles. The average molecular weight is 374 g/mol. The van der Waals surface area contributed by atoms with Crippen LogP contribution in [0.2, 0.25) is 5.02 Å². The van der Waals surface area contributed by atoms with Gasteiger partial charge in [0.15, 0.2) is 0 Å². The number of nitrogens with zero attached hydrogens (tertiary/aromatic N) is 2. The minimum Gasteiger partial charge on any atom is -0.252 e. The molecule has 96 valence electrons. The zero-order chi connectivity index (χ0) is 13.4. The summed E-state index contributed by atoms with van der Waals surface area (Å²) in [7, 11) is 0. The van der Waals surface area contributed by atoms with Crippen LogP contribution in [0.4, 0.5) is 0 Å². The molecular weight excluding hydrogens is 367 g/mol. The molecule has 1 aromatic rings. The van der Waals surface area contributed by atoms with Crippen molar-refractivity contribution in [1.29, 1.82) is 0 Å². The van der Waals surface area contributed by atoms with Crippen molar-refractivity contribution in [3.05, 3.63) is 57.9 Å². The fourth-order valence-electron chi connectivity index (χ4n) is 1.85. The van der Waals surface area contributed by atoms with Crippen LogP contribution >= 0.6 is 50.9 Å². The third-order valence-corrected chi connectivity index (χ3v) is 4.88. The van der Waals surface area contributed by atoms with Gasteiger partial charge >= 0.3 is 0 Å². The predicted octanol–water partition coefficient (Wildman–Crippen LogP) is 4.97. The van der Waals surface area contributed by atoms with Gasteiger partial charge in [-0.25, -0.2) is 4.99 Å². The Morgan fingerprint density at radius 2 is 2.00 bits per heavy atom. The van der Waals surface area contributed by atoms with E-state index in [1.807, 2.05) is 24.3 Å². The summed E-state index contributed by atoms with van der Waals surface area (Å²) in [4.78, 5) is 8.78. The average Bonchev–Trinajstić information content (AvgIpc) is 2.65. The summed E-state index contributed by atoms with van der Waals surface area (Å²) in [5.74, 6) is 0. The summed E-state index contributed by atoms with van der Waals surface area (Å²) in [5.41, 5.74) is 2.65. The smallest absolute Gasteiger partial charge is 0.148 e. The van der Waals surface area contributed by atoms with E-state index in [0.29, 0.717) is 10.2 Å². The van der Waals surface area contributed by atoms with E-state index in [9.17, 15) is 0 Å². The van der Waals surface area contributed by atoms with Crippen LogP contribution in [0, 0.1) is 0 Å². The van der Waals surface area contributed by atoms with Gasteiger partial charge in [-0.2, -0.15) is 0 Å². The topological polar surface area (TPSA) is 24.7 Å². The first-order valence-electron chi connectivity index (χ1n) is 5.45. The first-order chi connectivity index (χ1) is 9.15. The number of rotatable bonds is 1. The lowest BCUT2D eigenvalue weighted by Crippen LogP contribution is -2.09. The van der Waals surface area contributed by atoms with Gasteiger partial charge in [0.1, 0.15) is 10.2 Å². The van der Waals surface area contributed by atoms with E-state index >= 15 is 0 Å². The Balaban J connectivity index is 2.17. The van der Waals surface area contributed by atoms with Gasteiger partial charge in [0.25, 0.3) is 0 Å². The Morgan fingerprint density at radius 1 is 1.21 bits per heavy atom. The van der Waals surface area contributed by atoms with Crippen LogP contribution in [0.25, 0.3) is 0 Å². The number of aliphatic imine (C=N–C) groups is 2. The van der Waals surface area contributed by atoms with E-state index in [0.717, 1.165) is 21.9 Å². The van der Waals surface area contributed by atoms with Crippen LogP contribution in [0.1, 0.15) is 5.56 Å². The minimum atomic E-state index is 0.177. The van der Waals surface area contributed by atoms with E-state index < -0.39 is 0 Å². The van der Waals surface area contributed by atoms with Crippen LogP contribution < -0.4 is 0 Å². The van der Waals surface area contributed by atoms with Crippen LogP contribution in [-0.4, -0.2) is 14.9 Å². The standard InChI is InChI=1S/C13H7BrCl2N2S/c14-10-5-8-12(7-3-1-2-4-9(7)15)17-6-11(16)18-13(8)19-10/h1-6,10H. The molecule has 2 aliphatic heterocycles. The van der Waals surface area contributed by atoms with Crippen LogP contribution in [0.3, 0.4) is 0 Å². The highest BCUT2D eigenvalue weighted by molar-refractivity contribution is 9.11. The molecule has 19 heavy (non-hydrogen) atoms. The number of benzene rings is 1. The van der Waals surface area contributed by atoms with Crippen LogP contribution in [0.15, 0.2) is 57.3 Å². The van der Waals surface area contributed by atoms with Crippen molar-refractivity contribution >= 4 is 61.6 Å². The fraction of sp³-hybridized carbons (Fsp3) is 0.0769. The van der Waals surface area contributed by atoms with Gasteiger partial charge in [0.05, 0.1) is 16.1 Å². The molecule has 0 spiro atoms. The molecule has 0 amide bonds. The number of halogens is 3. The number of alkyl halides is 1. The molecule has 2 nitrogen and oxygen atoms in total. The maximum Gasteiger partial charge on any atom is 0.148 e. The molecule has 1 aromatic carbocycles. The fourth-order valence-corrected chi connectivity index (χ4v) is 3.92. The lowest BCUT2D eigenvalue weighted by molar-refractivity contribution is 1.45. The molecule has 0 fully saturated rings. The monoisotopic (exact) mass is 372 g/mol. The molecule has 6 heteroatoms. The summed E-state index contributed by atoms with van der Waals surface area (Å²) < 4.78 is 0.177. The van der Waals surface area contributed by atoms with Crippen LogP contribution in [0.5, 0.6) is 0 Å². The summed E-state index contributed by atoms with van der Waals surface area (Å²) in [6, 6.07) is 7.62. The third-order valence-electron chi connectivity index (χ3n) is 2.64. The lowest BCUT2D eigenvalue weighted by atomic mass is 10.0.